The van der Waals surface area contributed by atoms with E-state index in [1.807, 2.05) is 0 Å². The molecule has 0 radical (unpaired) electrons. The normalized spacial score (nSPS) is 11.3. The van der Waals surface area contributed by atoms with Crippen LogP contribution in [0.15, 0.2) is 18.2 Å². The predicted molar refractivity (Wildman–Crippen MR) is 66.8 cm³/mol. The average molecular weight is 291 g/mol. The molecule has 0 fully saturated rings. The summed E-state index contributed by atoms with van der Waals surface area (Å²) >= 11 is 0. The highest BCUT2D eigenvalue weighted by molar-refractivity contribution is 5.97. The highest BCUT2D eigenvalue weighted by atomic mass is 19.4. The Hall–Kier alpha value is -1.76. The average Bonchev–Trinajstić information content (AvgIpc) is 2.36. The van der Waals surface area contributed by atoms with Crippen LogP contribution in [0.25, 0.3) is 0 Å². The summed E-state index contributed by atoms with van der Waals surface area (Å²) in [6.07, 6.45) is -4.53. The number of rotatable bonds is 5. The van der Waals surface area contributed by atoms with Gasteiger partial charge in [-0.15, -0.1) is 0 Å². The van der Waals surface area contributed by atoms with Gasteiger partial charge in [0, 0.05) is 6.54 Å². The van der Waals surface area contributed by atoms with Gasteiger partial charge in [0.1, 0.15) is 12.3 Å². The van der Waals surface area contributed by atoms with Crippen LogP contribution in [0, 0.1) is 6.92 Å². The van der Waals surface area contributed by atoms with E-state index in [-0.39, 0.29) is 11.3 Å². The first-order chi connectivity index (χ1) is 9.28. The van der Waals surface area contributed by atoms with E-state index in [1.165, 1.54) is 19.2 Å². The molecule has 1 aromatic rings. The van der Waals surface area contributed by atoms with Crippen molar-refractivity contribution in [1.82, 2.24) is 4.90 Å². The molecule has 0 saturated carbocycles. The van der Waals surface area contributed by atoms with Crippen LogP contribution in [0.2, 0.25) is 0 Å². The van der Waals surface area contributed by atoms with E-state index in [4.69, 9.17) is 9.84 Å². The number of hydrogen-bond donors (Lipinski definition) is 1. The van der Waals surface area contributed by atoms with Crippen molar-refractivity contribution in [3.63, 3.8) is 0 Å². The van der Waals surface area contributed by atoms with Crippen LogP contribution in [0.4, 0.5) is 13.2 Å². The number of aliphatic hydroxyl groups is 1. The third-order valence-corrected chi connectivity index (χ3v) is 2.61. The molecule has 20 heavy (non-hydrogen) atoms. The van der Waals surface area contributed by atoms with E-state index in [9.17, 15) is 18.0 Å². The molecule has 4 nitrogen and oxygen atoms in total. The lowest BCUT2D eigenvalue weighted by Crippen LogP contribution is -2.40. The molecule has 0 aliphatic heterocycles. The standard InChI is InChI=1S/C13H16F3NO3/c1-9-3-4-11(20-2)10(7-9)12(19)17(5-6-18)8-13(14,15)16/h3-4,7,18H,5-6,8H2,1-2H3. The zero-order valence-electron chi connectivity index (χ0n) is 11.2. The van der Waals surface area contributed by atoms with Crippen molar-refractivity contribution in [3.8, 4) is 5.75 Å². The number of carbonyl (C=O) groups excluding carboxylic acids is 1. The molecule has 0 bridgehead atoms. The summed E-state index contributed by atoms with van der Waals surface area (Å²) in [5.74, 6) is -0.623. The number of alkyl halides is 3. The van der Waals surface area contributed by atoms with Gasteiger partial charge in [0.05, 0.1) is 19.3 Å². The van der Waals surface area contributed by atoms with Crippen LogP contribution < -0.4 is 4.74 Å². The molecule has 0 spiro atoms. The number of aliphatic hydroxyl groups excluding tert-OH is 1. The summed E-state index contributed by atoms with van der Waals surface area (Å²) in [5, 5.41) is 8.82. The molecule has 0 heterocycles. The second-order valence-electron chi connectivity index (χ2n) is 4.27. The first kappa shape index (κ1) is 16.3. The molecule has 112 valence electrons. The van der Waals surface area contributed by atoms with Gasteiger partial charge in [-0.2, -0.15) is 13.2 Å². The van der Waals surface area contributed by atoms with Crippen molar-refractivity contribution >= 4 is 5.91 Å². The van der Waals surface area contributed by atoms with E-state index < -0.39 is 31.8 Å². The molecular weight excluding hydrogens is 275 g/mol. The second kappa shape index (κ2) is 6.60. The molecule has 0 aliphatic carbocycles. The van der Waals surface area contributed by atoms with Crippen LogP contribution in [0.5, 0.6) is 5.75 Å². The summed E-state index contributed by atoms with van der Waals surface area (Å²) in [5.41, 5.74) is 0.773. The van der Waals surface area contributed by atoms with Crippen molar-refractivity contribution in [2.24, 2.45) is 0 Å². The summed E-state index contributed by atoms with van der Waals surface area (Å²) in [4.78, 5) is 12.7. The Bertz CT molecular complexity index is 474. The number of hydrogen-bond acceptors (Lipinski definition) is 3. The molecule has 0 saturated heterocycles. The number of carbonyl (C=O) groups is 1. The van der Waals surface area contributed by atoms with Crippen molar-refractivity contribution in [2.45, 2.75) is 13.1 Å². The maximum Gasteiger partial charge on any atom is 0.406 e. The number of ether oxygens (including phenoxy) is 1. The van der Waals surface area contributed by atoms with E-state index in [0.29, 0.717) is 4.90 Å². The number of halogens is 3. The Kier molecular flexibility index (Phi) is 5.38. The van der Waals surface area contributed by atoms with Crippen LogP contribution in [0.1, 0.15) is 15.9 Å². The number of methoxy groups -OCH3 is 1. The highest BCUT2D eigenvalue weighted by Crippen LogP contribution is 2.23. The van der Waals surface area contributed by atoms with Gasteiger partial charge in [0.25, 0.3) is 5.91 Å². The minimum atomic E-state index is -4.53. The molecule has 0 unspecified atom stereocenters. The fourth-order valence-corrected chi connectivity index (χ4v) is 1.75. The van der Waals surface area contributed by atoms with E-state index in [2.05, 4.69) is 0 Å². The van der Waals surface area contributed by atoms with Gasteiger partial charge in [-0.05, 0) is 19.1 Å². The second-order valence-corrected chi connectivity index (χ2v) is 4.27. The van der Waals surface area contributed by atoms with Gasteiger partial charge in [-0.3, -0.25) is 4.79 Å². The molecule has 0 atom stereocenters. The monoisotopic (exact) mass is 291 g/mol. The summed E-state index contributed by atoms with van der Waals surface area (Å²) < 4.78 is 42.4. The van der Waals surface area contributed by atoms with Gasteiger partial charge in [0.2, 0.25) is 0 Å². The largest absolute Gasteiger partial charge is 0.496 e. The number of nitrogens with zero attached hydrogens (tertiary/aromatic N) is 1. The predicted octanol–water partition coefficient (Wildman–Crippen LogP) is 2.00. The van der Waals surface area contributed by atoms with Gasteiger partial charge in [0.15, 0.2) is 0 Å². The van der Waals surface area contributed by atoms with Crippen molar-refractivity contribution in [2.75, 3.05) is 26.8 Å². The van der Waals surface area contributed by atoms with Gasteiger partial charge in [-0.25, -0.2) is 0 Å². The maximum atomic E-state index is 12.5. The Morgan fingerprint density at radius 1 is 1.40 bits per heavy atom. The van der Waals surface area contributed by atoms with E-state index in [0.717, 1.165) is 5.56 Å². The molecule has 0 aliphatic rings. The molecule has 1 N–H and O–H groups in total. The van der Waals surface area contributed by atoms with Gasteiger partial charge < -0.3 is 14.7 Å². The fraction of sp³-hybridized carbons (Fsp3) is 0.462. The number of benzene rings is 1. The highest BCUT2D eigenvalue weighted by Gasteiger charge is 2.33. The zero-order chi connectivity index (χ0) is 15.3. The molecular formula is C13H16F3NO3. The SMILES string of the molecule is COc1ccc(C)cc1C(=O)N(CCO)CC(F)(F)F. The van der Waals surface area contributed by atoms with Crippen LogP contribution in [-0.2, 0) is 0 Å². The van der Waals surface area contributed by atoms with Crippen molar-refractivity contribution < 1.29 is 27.8 Å². The molecule has 7 heteroatoms. The quantitative estimate of drug-likeness (QED) is 0.902. The Morgan fingerprint density at radius 2 is 2.05 bits per heavy atom. The van der Waals surface area contributed by atoms with Crippen molar-refractivity contribution in [1.29, 1.82) is 0 Å². The first-order valence-corrected chi connectivity index (χ1v) is 5.90. The van der Waals surface area contributed by atoms with Crippen LogP contribution in [-0.4, -0.2) is 48.9 Å². The smallest absolute Gasteiger partial charge is 0.406 e. The Morgan fingerprint density at radius 3 is 2.55 bits per heavy atom. The Balaban J connectivity index is 3.08. The summed E-state index contributed by atoms with van der Waals surface area (Å²) in [6.45, 7) is -0.634. The van der Waals surface area contributed by atoms with Gasteiger partial charge >= 0.3 is 6.18 Å². The molecule has 1 rings (SSSR count). The molecule has 1 aromatic carbocycles. The maximum absolute atomic E-state index is 12.5. The van der Waals surface area contributed by atoms with E-state index >= 15 is 0 Å². The Labute approximate surface area is 114 Å². The lowest BCUT2D eigenvalue weighted by Gasteiger charge is -2.24. The summed E-state index contributed by atoms with van der Waals surface area (Å²) in [7, 11) is 1.33. The van der Waals surface area contributed by atoms with Crippen molar-refractivity contribution in [3.05, 3.63) is 29.3 Å². The zero-order valence-corrected chi connectivity index (χ0v) is 11.2. The van der Waals surface area contributed by atoms with E-state index in [1.54, 1.807) is 13.0 Å². The topological polar surface area (TPSA) is 49.8 Å². The third kappa shape index (κ3) is 4.41. The molecule has 1 amide bonds. The van der Waals surface area contributed by atoms with Crippen LogP contribution >= 0.6 is 0 Å². The third-order valence-electron chi connectivity index (χ3n) is 2.61. The van der Waals surface area contributed by atoms with Gasteiger partial charge in [-0.1, -0.05) is 11.6 Å². The number of aryl methyl sites for hydroxylation is 1. The minimum Gasteiger partial charge on any atom is -0.496 e. The first-order valence-electron chi connectivity index (χ1n) is 5.90. The van der Waals surface area contributed by atoms with Crippen LogP contribution in [0.3, 0.4) is 0 Å². The fourth-order valence-electron chi connectivity index (χ4n) is 1.75. The number of amides is 1. The lowest BCUT2D eigenvalue weighted by atomic mass is 10.1. The lowest BCUT2D eigenvalue weighted by molar-refractivity contribution is -0.141. The summed E-state index contributed by atoms with van der Waals surface area (Å²) in [6, 6.07) is 4.67. The minimum absolute atomic E-state index is 0.0465. The molecule has 0 aromatic heterocycles.